The first-order chi connectivity index (χ1) is 6.74. The number of rotatable bonds is 2. The molecule has 0 aromatic heterocycles. The predicted octanol–water partition coefficient (Wildman–Crippen LogP) is -0.360. The van der Waals surface area contributed by atoms with E-state index in [1.165, 1.54) is 12.8 Å². The zero-order valence-electron chi connectivity index (χ0n) is 8.78. The van der Waals surface area contributed by atoms with E-state index in [1.807, 2.05) is 11.9 Å². The molecule has 1 aliphatic carbocycles. The normalized spacial score (nSPS) is 30.6. The van der Waals surface area contributed by atoms with Gasteiger partial charge >= 0.3 is 0 Å². The molecule has 0 aromatic carbocycles. The third-order valence-electron chi connectivity index (χ3n) is 3.21. The van der Waals surface area contributed by atoms with Crippen LogP contribution >= 0.6 is 0 Å². The van der Waals surface area contributed by atoms with Gasteiger partial charge in [-0.3, -0.25) is 9.69 Å². The van der Waals surface area contributed by atoms with Crippen LogP contribution in [0.4, 0.5) is 0 Å². The fraction of sp³-hybridized carbons (Fsp3) is 0.900. The Labute approximate surface area is 85.0 Å². The van der Waals surface area contributed by atoms with Crippen molar-refractivity contribution < 1.29 is 4.79 Å². The maximum Gasteiger partial charge on any atom is 0.240 e. The Morgan fingerprint density at radius 2 is 2.14 bits per heavy atom. The summed E-state index contributed by atoms with van der Waals surface area (Å²) in [6.45, 7) is 2.36. The molecule has 2 fully saturated rings. The lowest BCUT2D eigenvalue weighted by Gasteiger charge is -2.28. The van der Waals surface area contributed by atoms with Gasteiger partial charge in [0.1, 0.15) is 6.04 Å². The maximum atomic E-state index is 11.9. The second kappa shape index (κ2) is 3.87. The summed E-state index contributed by atoms with van der Waals surface area (Å²) in [5.41, 5.74) is 5.69. The van der Waals surface area contributed by atoms with Crippen LogP contribution in [0.2, 0.25) is 0 Å². The summed E-state index contributed by atoms with van der Waals surface area (Å²) >= 11 is 0. The quantitative estimate of drug-likeness (QED) is 0.657. The number of nitrogens with zero attached hydrogens (tertiary/aromatic N) is 2. The highest BCUT2D eigenvalue weighted by Gasteiger charge is 2.38. The minimum absolute atomic E-state index is 0.0602. The molecule has 0 aromatic rings. The molecule has 14 heavy (non-hydrogen) atoms. The highest BCUT2D eigenvalue weighted by atomic mass is 16.2. The minimum Gasteiger partial charge on any atom is -0.344 e. The van der Waals surface area contributed by atoms with E-state index in [1.54, 1.807) is 0 Å². The highest BCUT2D eigenvalue weighted by molar-refractivity contribution is 5.82. The molecule has 4 heteroatoms. The van der Waals surface area contributed by atoms with Crippen molar-refractivity contribution in [1.82, 2.24) is 9.80 Å². The van der Waals surface area contributed by atoms with E-state index in [0.29, 0.717) is 12.6 Å². The van der Waals surface area contributed by atoms with E-state index in [-0.39, 0.29) is 11.9 Å². The second-order valence-electron chi connectivity index (χ2n) is 4.33. The largest absolute Gasteiger partial charge is 0.344 e. The van der Waals surface area contributed by atoms with Crippen molar-refractivity contribution in [2.75, 3.05) is 26.7 Å². The van der Waals surface area contributed by atoms with Crippen LogP contribution in [0.1, 0.15) is 19.3 Å². The van der Waals surface area contributed by atoms with E-state index in [2.05, 4.69) is 4.90 Å². The number of hydrogen-bond donors (Lipinski definition) is 1. The Morgan fingerprint density at radius 3 is 2.71 bits per heavy atom. The third-order valence-corrected chi connectivity index (χ3v) is 3.21. The molecule has 4 nitrogen and oxygen atoms in total. The number of hydrogen-bond acceptors (Lipinski definition) is 3. The van der Waals surface area contributed by atoms with Crippen molar-refractivity contribution in [2.45, 2.75) is 31.3 Å². The number of carbonyl (C=O) groups excluding carboxylic acids is 1. The zero-order chi connectivity index (χ0) is 10.1. The van der Waals surface area contributed by atoms with Gasteiger partial charge in [-0.15, -0.1) is 0 Å². The van der Waals surface area contributed by atoms with Gasteiger partial charge in [-0.1, -0.05) is 0 Å². The van der Waals surface area contributed by atoms with E-state index in [0.717, 1.165) is 19.5 Å². The molecule has 80 valence electrons. The fourth-order valence-electron chi connectivity index (χ4n) is 2.23. The summed E-state index contributed by atoms with van der Waals surface area (Å²) in [6, 6.07) is 0.578. The summed E-state index contributed by atoms with van der Waals surface area (Å²) in [4.78, 5) is 16.1. The van der Waals surface area contributed by atoms with Gasteiger partial charge in [0.05, 0.1) is 0 Å². The van der Waals surface area contributed by atoms with Crippen LogP contribution in [0.15, 0.2) is 0 Å². The molecular formula is C10H19N3O. The minimum atomic E-state index is -0.0602. The second-order valence-corrected chi connectivity index (χ2v) is 4.33. The third kappa shape index (κ3) is 1.77. The summed E-state index contributed by atoms with van der Waals surface area (Å²) < 4.78 is 0. The Kier molecular flexibility index (Phi) is 2.74. The van der Waals surface area contributed by atoms with Gasteiger partial charge in [-0.25, -0.2) is 0 Å². The molecule has 1 saturated heterocycles. The molecule has 2 rings (SSSR count). The van der Waals surface area contributed by atoms with Crippen molar-refractivity contribution in [3.8, 4) is 0 Å². The van der Waals surface area contributed by atoms with Gasteiger partial charge in [-0.2, -0.15) is 0 Å². The molecule has 1 amide bonds. The Bertz CT molecular complexity index is 227. The maximum absolute atomic E-state index is 11.9. The predicted molar refractivity (Wildman–Crippen MR) is 54.8 cm³/mol. The molecule has 0 bridgehead atoms. The van der Waals surface area contributed by atoms with Gasteiger partial charge in [0, 0.05) is 32.7 Å². The Morgan fingerprint density at radius 1 is 1.43 bits per heavy atom. The van der Waals surface area contributed by atoms with Crippen LogP contribution in [-0.2, 0) is 4.79 Å². The molecule has 1 unspecified atom stereocenters. The van der Waals surface area contributed by atoms with E-state index < -0.39 is 0 Å². The smallest absolute Gasteiger partial charge is 0.240 e. The Balaban J connectivity index is 2.11. The monoisotopic (exact) mass is 197 g/mol. The van der Waals surface area contributed by atoms with Crippen LogP contribution in [0.3, 0.4) is 0 Å². The van der Waals surface area contributed by atoms with Crippen molar-refractivity contribution in [2.24, 2.45) is 5.73 Å². The molecule has 0 radical (unpaired) electrons. The number of carbonyl (C=O) groups is 1. The van der Waals surface area contributed by atoms with Crippen molar-refractivity contribution in [1.29, 1.82) is 0 Å². The van der Waals surface area contributed by atoms with Crippen LogP contribution < -0.4 is 5.73 Å². The lowest BCUT2D eigenvalue weighted by Crippen LogP contribution is -2.49. The average Bonchev–Trinajstić information content (AvgIpc) is 2.97. The van der Waals surface area contributed by atoms with Crippen LogP contribution in [-0.4, -0.2) is 54.5 Å². The SMILES string of the molecule is CN1CCCN(C2CC2)C(CN)C1=O. The first-order valence-electron chi connectivity index (χ1n) is 5.45. The molecular weight excluding hydrogens is 178 g/mol. The molecule has 2 aliphatic rings. The molecule has 1 saturated carbocycles. The van der Waals surface area contributed by atoms with E-state index in [9.17, 15) is 4.79 Å². The zero-order valence-corrected chi connectivity index (χ0v) is 8.78. The van der Waals surface area contributed by atoms with E-state index in [4.69, 9.17) is 5.73 Å². The van der Waals surface area contributed by atoms with Gasteiger partial charge in [0.2, 0.25) is 5.91 Å². The van der Waals surface area contributed by atoms with Gasteiger partial charge in [0.25, 0.3) is 0 Å². The van der Waals surface area contributed by atoms with Crippen LogP contribution in [0.25, 0.3) is 0 Å². The molecule has 1 atom stereocenters. The number of amides is 1. The summed E-state index contributed by atoms with van der Waals surface area (Å²) in [5.74, 6) is 0.205. The Hall–Kier alpha value is -0.610. The van der Waals surface area contributed by atoms with Crippen LogP contribution in [0, 0.1) is 0 Å². The molecule has 2 N–H and O–H groups in total. The van der Waals surface area contributed by atoms with Gasteiger partial charge in [-0.05, 0) is 19.3 Å². The molecule has 1 aliphatic heterocycles. The van der Waals surface area contributed by atoms with Crippen molar-refractivity contribution in [3.63, 3.8) is 0 Å². The van der Waals surface area contributed by atoms with Gasteiger partial charge < -0.3 is 10.6 Å². The summed E-state index contributed by atoms with van der Waals surface area (Å²) in [7, 11) is 1.88. The average molecular weight is 197 g/mol. The standard InChI is InChI=1S/C10H19N3O/c1-12-5-2-6-13(8-3-4-8)9(7-11)10(12)14/h8-9H,2-7,11H2,1H3. The number of nitrogens with two attached hydrogens (primary N) is 1. The van der Waals surface area contributed by atoms with Gasteiger partial charge in [0.15, 0.2) is 0 Å². The number of likely N-dealkylation sites (N-methyl/N-ethyl adjacent to an activating group) is 1. The summed E-state index contributed by atoms with van der Waals surface area (Å²) in [5, 5.41) is 0. The fourth-order valence-corrected chi connectivity index (χ4v) is 2.23. The van der Waals surface area contributed by atoms with Crippen molar-refractivity contribution >= 4 is 5.91 Å². The van der Waals surface area contributed by atoms with Crippen LogP contribution in [0.5, 0.6) is 0 Å². The molecule has 1 heterocycles. The van der Waals surface area contributed by atoms with Crippen molar-refractivity contribution in [3.05, 3.63) is 0 Å². The first kappa shape index (κ1) is 9.93. The molecule has 0 spiro atoms. The highest BCUT2D eigenvalue weighted by Crippen LogP contribution is 2.29. The van der Waals surface area contributed by atoms with E-state index >= 15 is 0 Å². The lowest BCUT2D eigenvalue weighted by molar-refractivity contribution is -0.133. The summed E-state index contributed by atoms with van der Waals surface area (Å²) in [6.07, 6.45) is 3.57. The first-order valence-corrected chi connectivity index (χ1v) is 5.45. The topological polar surface area (TPSA) is 49.6 Å². The lowest BCUT2D eigenvalue weighted by atomic mass is 10.2.